The van der Waals surface area contributed by atoms with Gasteiger partial charge in [-0.05, 0) is 86.9 Å². The lowest BCUT2D eigenvalue weighted by Gasteiger charge is -2.28. The number of fused-ring (bicyclic) bond motifs is 6. The summed E-state index contributed by atoms with van der Waals surface area (Å²) in [7, 11) is 0. The van der Waals surface area contributed by atoms with Crippen molar-refractivity contribution in [2.45, 2.75) is 50.9 Å². The minimum absolute atomic E-state index is 0.605. The fourth-order valence-electron chi connectivity index (χ4n) is 6.75. The molecular formula is C32H29N. The van der Waals surface area contributed by atoms with Crippen LogP contribution in [0.4, 0.5) is 5.69 Å². The van der Waals surface area contributed by atoms with Gasteiger partial charge in [0.2, 0.25) is 0 Å². The van der Waals surface area contributed by atoms with Crippen LogP contribution >= 0.6 is 0 Å². The lowest BCUT2D eigenvalue weighted by Crippen LogP contribution is -2.10. The van der Waals surface area contributed by atoms with Crippen molar-refractivity contribution in [1.82, 2.24) is 0 Å². The summed E-state index contributed by atoms with van der Waals surface area (Å²) in [6, 6.07) is 27.2. The molecule has 2 N–H and O–H groups in total. The van der Waals surface area contributed by atoms with Crippen LogP contribution in [0.2, 0.25) is 0 Å². The average molecular weight is 428 g/mol. The maximum atomic E-state index is 7.15. The van der Waals surface area contributed by atoms with E-state index in [-0.39, 0.29) is 0 Å². The molecule has 3 aliphatic rings. The number of rotatable bonds is 2. The minimum atomic E-state index is 0.605. The van der Waals surface area contributed by atoms with Crippen molar-refractivity contribution in [3.05, 3.63) is 101 Å². The van der Waals surface area contributed by atoms with Gasteiger partial charge in [-0.15, -0.1) is 0 Å². The van der Waals surface area contributed by atoms with E-state index in [0.717, 1.165) is 18.5 Å². The van der Waals surface area contributed by atoms with Gasteiger partial charge in [0, 0.05) is 17.7 Å². The van der Waals surface area contributed by atoms with Gasteiger partial charge in [0.25, 0.3) is 0 Å². The molecule has 0 aromatic heterocycles. The molecule has 0 spiro atoms. The van der Waals surface area contributed by atoms with Gasteiger partial charge in [0.05, 0.1) is 0 Å². The molecule has 0 amide bonds. The molecule has 4 aromatic carbocycles. The highest BCUT2D eigenvalue weighted by Gasteiger charge is 2.30. The molecule has 0 atom stereocenters. The maximum absolute atomic E-state index is 7.15. The van der Waals surface area contributed by atoms with Crippen LogP contribution in [-0.2, 0) is 12.8 Å². The largest absolute Gasteiger partial charge is 0.398 e. The van der Waals surface area contributed by atoms with E-state index < -0.39 is 0 Å². The summed E-state index contributed by atoms with van der Waals surface area (Å²) in [6.07, 6.45) is 8.54. The molecule has 4 aromatic rings. The SMILES string of the molecule is Nc1c2c(cc(C3CCCCC3)c1-c1cccc3c1Cc1ccccc1-3)-c1ccccc1C2. The van der Waals surface area contributed by atoms with Gasteiger partial charge >= 0.3 is 0 Å². The van der Waals surface area contributed by atoms with E-state index in [4.69, 9.17) is 5.73 Å². The Kier molecular flexibility index (Phi) is 4.27. The first kappa shape index (κ1) is 19.2. The van der Waals surface area contributed by atoms with Crippen molar-refractivity contribution >= 4 is 5.69 Å². The monoisotopic (exact) mass is 427 g/mol. The molecule has 0 heterocycles. The maximum Gasteiger partial charge on any atom is 0.0438 e. The van der Waals surface area contributed by atoms with Crippen molar-refractivity contribution < 1.29 is 0 Å². The van der Waals surface area contributed by atoms with E-state index in [2.05, 4.69) is 72.8 Å². The van der Waals surface area contributed by atoms with Gasteiger partial charge in [-0.1, -0.05) is 86.0 Å². The van der Waals surface area contributed by atoms with Crippen molar-refractivity contribution in [3.8, 4) is 33.4 Å². The molecule has 0 saturated heterocycles. The first-order valence-corrected chi connectivity index (χ1v) is 12.5. The lowest BCUT2D eigenvalue weighted by atomic mass is 9.77. The van der Waals surface area contributed by atoms with Gasteiger partial charge < -0.3 is 5.73 Å². The molecule has 1 heteroatoms. The molecule has 162 valence electrons. The van der Waals surface area contributed by atoms with E-state index in [1.54, 1.807) is 0 Å². The molecule has 0 aliphatic heterocycles. The molecule has 33 heavy (non-hydrogen) atoms. The summed E-state index contributed by atoms with van der Waals surface area (Å²) >= 11 is 0. The van der Waals surface area contributed by atoms with Crippen LogP contribution in [0.1, 0.15) is 65.8 Å². The highest BCUT2D eigenvalue weighted by atomic mass is 14.6. The Balaban J connectivity index is 1.48. The van der Waals surface area contributed by atoms with E-state index in [0.29, 0.717) is 5.92 Å². The zero-order chi connectivity index (χ0) is 21.9. The number of nitrogens with two attached hydrogens (primary N) is 1. The number of benzene rings is 4. The quantitative estimate of drug-likeness (QED) is 0.277. The Hall–Kier alpha value is -3.32. The third-order valence-corrected chi connectivity index (χ3v) is 8.35. The second kappa shape index (κ2) is 7.35. The Morgan fingerprint density at radius 3 is 1.94 bits per heavy atom. The van der Waals surface area contributed by atoms with Gasteiger partial charge in [-0.25, -0.2) is 0 Å². The predicted octanol–water partition coefficient (Wildman–Crippen LogP) is 8.13. The second-order valence-electron chi connectivity index (χ2n) is 10.1. The Morgan fingerprint density at radius 2 is 1.18 bits per heavy atom. The zero-order valence-electron chi connectivity index (χ0n) is 19.0. The van der Waals surface area contributed by atoms with Gasteiger partial charge in [-0.3, -0.25) is 0 Å². The van der Waals surface area contributed by atoms with Crippen molar-refractivity contribution in [3.63, 3.8) is 0 Å². The van der Waals surface area contributed by atoms with Gasteiger partial charge in [0.1, 0.15) is 0 Å². The number of hydrogen-bond acceptors (Lipinski definition) is 1. The Labute approximate surface area is 196 Å². The average Bonchev–Trinajstić information content (AvgIpc) is 3.43. The van der Waals surface area contributed by atoms with Crippen LogP contribution in [-0.4, -0.2) is 0 Å². The fourth-order valence-corrected chi connectivity index (χ4v) is 6.75. The Bertz CT molecular complexity index is 1400. The lowest BCUT2D eigenvalue weighted by molar-refractivity contribution is 0.444. The van der Waals surface area contributed by atoms with Crippen LogP contribution in [0.15, 0.2) is 72.8 Å². The first-order valence-electron chi connectivity index (χ1n) is 12.5. The topological polar surface area (TPSA) is 26.0 Å². The normalized spacial score (nSPS) is 16.2. The number of hydrogen-bond donors (Lipinski definition) is 1. The number of nitrogen functional groups attached to an aromatic ring is 1. The predicted molar refractivity (Wildman–Crippen MR) is 139 cm³/mol. The smallest absolute Gasteiger partial charge is 0.0438 e. The second-order valence-corrected chi connectivity index (χ2v) is 10.1. The molecule has 7 rings (SSSR count). The summed E-state index contributed by atoms with van der Waals surface area (Å²) in [5.41, 5.74) is 23.5. The summed E-state index contributed by atoms with van der Waals surface area (Å²) in [4.78, 5) is 0. The molecule has 0 radical (unpaired) electrons. The molecule has 1 saturated carbocycles. The summed E-state index contributed by atoms with van der Waals surface area (Å²) in [5.74, 6) is 0.605. The third-order valence-electron chi connectivity index (χ3n) is 8.35. The van der Waals surface area contributed by atoms with Gasteiger partial charge in [0.15, 0.2) is 0 Å². The van der Waals surface area contributed by atoms with Crippen molar-refractivity contribution in [2.75, 3.05) is 5.73 Å². The van der Waals surface area contributed by atoms with Crippen LogP contribution in [0, 0.1) is 0 Å². The van der Waals surface area contributed by atoms with Crippen molar-refractivity contribution in [2.24, 2.45) is 0 Å². The minimum Gasteiger partial charge on any atom is -0.398 e. The fraction of sp³-hybridized carbons (Fsp3) is 0.250. The van der Waals surface area contributed by atoms with E-state index >= 15 is 0 Å². The first-order chi connectivity index (χ1) is 16.3. The molecule has 1 nitrogen and oxygen atoms in total. The van der Waals surface area contributed by atoms with Crippen LogP contribution in [0.25, 0.3) is 33.4 Å². The van der Waals surface area contributed by atoms with E-state index in [1.807, 2.05) is 0 Å². The number of anilines is 1. The highest BCUT2D eigenvalue weighted by molar-refractivity contribution is 5.95. The highest BCUT2D eigenvalue weighted by Crippen LogP contribution is 2.51. The molecule has 0 unspecified atom stereocenters. The summed E-state index contributed by atoms with van der Waals surface area (Å²) in [6.45, 7) is 0. The molecule has 0 bridgehead atoms. The third kappa shape index (κ3) is 2.85. The summed E-state index contributed by atoms with van der Waals surface area (Å²) in [5, 5.41) is 0. The zero-order valence-corrected chi connectivity index (χ0v) is 19.0. The van der Waals surface area contributed by atoms with Crippen LogP contribution in [0.5, 0.6) is 0 Å². The van der Waals surface area contributed by atoms with E-state index in [1.165, 1.54) is 93.3 Å². The Morgan fingerprint density at radius 1 is 0.576 bits per heavy atom. The molecular weight excluding hydrogens is 398 g/mol. The van der Waals surface area contributed by atoms with E-state index in [9.17, 15) is 0 Å². The van der Waals surface area contributed by atoms with Crippen LogP contribution in [0.3, 0.4) is 0 Å². The van der Waals surface area contributed by atoms with Gasteiger partial charge in [-0.2, -0.15) is 0 Å². The molecule has 3 aliphatic carbocycles. The van der Waals surface area contributed by atoms with Crippen LogP contribution < -0.4 is 5.73 Å². The van der Waals surface area contributed by atoms with Crippen molar-refractivity contribution in [1.29, 1.82) is 0 Å². The molecule has 1 fully saturated rings. The standard InChI is InChI=1S/C32H29N/c33-32-30-18-22-12-5-7-14-24(22)29(30)19-27(20-9-2-1-3-10-20)31(32)26-16-8-15-25-23-13-6-4-11-21(23)17-28(25)26/h4-8,11-16,19-20H,1-3,9-10,17-18,33H2. The summed E-state index contributed by atoms with van der Waals surface area (Å²) < 4.78 is 0.